The lowest BCUT2D eigenvalue weighted by molar-refractivity contribution is 0.598. The van der Waals surface area contributed by atoms with E-state index in [0.717, 1.165) is 16.9 Å². The van der Waals surface area contributed by atoms with E-state index < -0.39 is 10.0 Å². The Morgan fingerprint density at radius 2 is 1.21 bits per heavy atom. The van der Waals surface area contributed by atoms with Crippen LogP contribution >= 0.6 is 23.2 Å². The number of hydrogen-bond donors (Lipinski definition) is 0. The average molecular weight is 433 g/mol. The second kappa shape index (κ2) is 8.35. The molecule has 0 heterocycles. The van der Waals surface area contributed by atoms with E-state index in [4.69, 9.17) is 23.2 Å². The van der Waals surface area contributed by atoms with Crippen LogP contribution in [0.25, 0.3) is 0 Å². The monoisotopic (exact) mass is 432 g/mol. The predicted molar refractivity (Wildman–Crippen MR) is 117 cm³/mol. The molecule has 0 saturated carbocycles. The summed E-state index contributed by atoms with van der Waals surface area (Å²) in [5.41, 5.74) is 2.43. The third kappa shape index (κ3) is 4.73. The molecule has 0 unspecified atom stereocenters. The Balaban J connectivity index is 2.08. The van der Waals surface area contributed by atoms with Crippen molar-refractivity contribution in [2.75, 3.05) is 4.90 Å². The number of hydrogen-bond acceptors (Lipinski definition) is 2. The van der Waals surface area contributed by atoms with Gasteiger partial charge in [-0.05, 0) is 74.5 Å². The first-order valence-corrected chi connectivity index (χ1v) is 10.7. The molecular formula is C21H18Cl2N2O2S. The zero-order valence-corrected chi connectivity index (χ0v) is 17.6. The normalized spacial score (nSPS) is 12.1. The molecule has 0 amide bonds. The molecule has 28 heavy (non-hydrogen) atoms. The molecule has 144 valence electrons. The lowest BCUT2D eigenvalue weighted by Gasteiger charge is -2.24. The number of rotatable bonds is 4. The molecule has 3 rings (SSSR count). The minimum atomic E-state index is -3.86. The zero-order chi connectivity index (χ0) is 20.3. The molecule has 0 aromatic heterocycles. The number of halogens is 2. The minimum Gasteiger partial charge on any atom is -0.298 e. The summed E-state index contributed by atoms with van der Waals surface area (Å²) in [4.78, 5) is 1.88. The van der Waals surface area contributed by atoms with E-state index in [2.05, 4.69) is 4.40 Å². The van der Waals surface area contributed by atoms with E-state index in [1.807, 2.05) is 6.92 Å². The number of benzene rings is 3. The fourth-order valence-corrected chi connectivity index (χ4v) is 3.95. The van der Waals surface area contributed by atoms with Gasteiger partial charge in [-0.1, -0.05) is 40.9 Å². The van der Waals surface area contributed by atoms with Gasteiger partial charge < -0.3 is 0 Å². The third-order valence-electron chi connectivity index (χ3n) is 4.06. The second-order valence-corrected chi connectivity index (χ2v) is 8.69. The van der Waals surface area contributed by atoms with Crippen LogP contribution in [0.4, 0.5) is 11.4 Å². The quantitative estimate of drug-likeness (QED) is 0.361. The Morgan fingerprint density at radius 3 is 1.64 bits per heavy atom. The Kier molecular flexibility index (Phi) is 6.08. The van der Waals surface area contributed by atoms with E-state index in [1.165, 1.54) is 0 Å². The molecule has 0 spiro atoms. The summed E-state index contributed by atoms with van der Waals surface area (Å²) in [6.45, 7) is 3.54. The van der Waals surface area contributed by atoms with E-state index in [9.17, 15) is 8.42 Å². The molecule has 0 fully saturated rings. The number of amidine groups is 1. The molecule has 7 heteroatoms. The first-order valence-electron chi connectivity index (χ1n) is 8.46. The smallest absolute Gasteiger partial charge is 0.283 e. The van der Waals surface area contributed by atoms with E-state index in [0.29, 0.717) is 15.9 Å². The van der Waals surface area contributed by atoms with Crippen LogP contribution in [0.5, 0.6) is 0 Å². The molecule has 0 N–H and O–H groups in total. The van der Waals surface area contributed by atoms with Gasteiger partial charge in [0.25, 0.3) is 10.0 Å². The van der Waals surface area contributed by atoms with Gasteiger partial charge in [0.05, 0.1) is 4.90 Å². The predicted octanol–water partition coefficient (Wildman–Crippen LogP) is 6.25. The molecule has 0 aliphatic rings. The van der Waals surface area contributed by atoms with E-state index in [-0.39, 0.29) is 4.90 Å². The van der Waals surface area contributed by atoms with Crippen molar-refractivity contribution < 1.29 is 8.42 Å². The fraction of sp³-hybridized carbons (Fsp3) is 0.0952. The Labute approximate surface area is 175 Å². The molecule has 3 aromatic carbocycles. The first-order chi connectivity index (χ1) is 13.3. The highest BCUT2D eigenvalue weighted by atomic mass is 35.5. The molecule has 0 saturated heterocycles. The van der Waals surface area contributed by atoms with Crippen LogP contribution in [0.3, 0.4) is 0 Å². The number of sulfonamides is 1. The average Bonchev–Trinajstić information content (AvgIpc) is 2.65. The van der Waals surface area contributed by atoms with Gasteiger partial charge in [-0.15, -0.1) is 4.40 Å². The van der Waals surface area contributed by atoms with Crippen molar-refractivity contribution >= 4 is 50.4 Å². The van der Waals surface area contributed by atoms with Crippen LogP contribution in [0.1, 0.15) is 12.5 Å². The lowest BCUT2D eigenvalue weighted by atomic mass is 10.2. The van der Waals surface area contributed by atoms with Crippen molar-refractivity contribution in [3.05, 3.63) is 88.4 Å². The maximum atomic E-state index is 12.8. The fourth-order valence-electron chi connectivity index (χ4n) is 2.68. The lowest BCUT2D eigenvalue weighted by Crippen LogP contribution is -2.24. The first kappa shape index (κ1) is 20.4. The maximum Gasteiger partial charge on any atom is 0.283 e. The zero-order valence-electron chi connectivity index (χ0n) is 15.3. The van der Waals surface area contributed by atoms with E-state index in [1.54, 1.807) is 84.6 Å². The van der Waals surface area contributed by atoms with Gasteiger partial charge in [0.15, 0.2) is 0 Å². The van der Waals surface area contributed by atoms with Gasteiger partial charge in [-0.3, -0.25) is 4.90 Å². The molecular weight excluding hydrogens is 415 g/mol. The van der Waals surface area contributed by atoms with Crippen LogP contribution in [-0.2, 0) is 10.0 Å². The maximum absolute atomic E-state index is 12.8. The molecule has 0 aliphatic carbocycles. The van der Waals surface area contributed by atoms with Gasteiger partial charge in [-0.25, -0.2) is 0 Å². The van der Waals surface area contributed by atoms with Gasteiger partial charge >= 0.3 is 0 Å². The van der Waals surface area contributed by atoms with Crippen molar-refractivity contribution in [2.45, 2.75) is 18.7 Å². The van der Waals surface area contributed by atoms with Crippen molar-refractivity contribution in [3.63, 3.8) is 0 Å². The highest BCUT2D eigenvalue weighted by molar-refractivity contribution is 7.90. The van der Waals surface area contributed by atoms with Crippen molar-refractivity contribution in [2.24, 2.45) is 4.40 Å². The van der Waals surface area contributed by atoms with Crippen LogP contribution in [0.15, 0.2) is 82.1 Å². The van der Waals surface area contributed by atoms with Crippen LogP contribution in [0, 0.1) is 6.92 Å². The van der Waals surface area contributed by atoms with Crippen molar-refractivity contribution in [1.29, 1.82) is 0 Å². The summed E-state index contributed by atoms with van der Waals surface area (Å²) in [5, 5.41) is 1.17. The van der Waals surface area contributed by atoms with Gasteiger partial charge in [0, 0.05) is 21.4 Å². The summed E-state index contributed by atoms with van der Waals surface area (Å²) in [6.07, 6.45) is 0. The molecule has 3 aromatic rings. The number of aryl methyl sites for hydroxylation is 1. The Bertz CT molecular complexity index is 1050. The summed E-state index contributed by atoms with van der Waals surface area (Å²) >= 11 is 12.0. The van der Waals surface area contributed by atoms with Crippen LogP contribution < -0.4 is 4.90 Å². The summed E-state index contributed by atoms with van der Waals surface area (Å²) in [5.74, 6) is 0.296. The van der Waals surface area contributed by atoms with E-state index >= 15 is 0 Å². The highest BCUT2D eigenvalue weighted by Crippen LogP contribution is 2.29. The van der Waals surface area contributed by atoms with Gasteiger partial charge in [0.2, 0.25) is 0 Å². The molecule has 0 radical (unpaired) electrons. The van der Waals surface area contributed by atoms with Gasteiger partial charge in [-0.2, -0.15) is 8.42 Å². The number of nitrogens with zero attached hydrogens (tertiary/aromatic N) is 2. The molecule has 4 nitrogen and oxygen atoms in total. The molecule has 0 atom stereocenters. The minimum absolute atomic E-state index is 0.143. The van der Waals surface area contributed by atoms with Crippen molar-refractivity contribution in [1.82, 2.24) is 0 Å². The third-order valence-corrected chi connectivity index (χ3v) is 5.94. The van der Waals surface area contributed by atoms with Gasteiger partial charge in [0.1, 0.15) is 5.84 Å². The largest absolute Gasteiger partial charge is 0.298 e. The Hall–Kier alpha value is -2.34. The summed E-state index contributed by atoms with van der Waals surface area (Å²) in [6, 6.07) is 20.7. The summed E-state index contributed by atoms with van der Waals surface area (Å²) in [7, 11) is -3.86. The van der Waals surface area contributed by atoms with Crippen LogP contribution in [0.2, 0.25) is 10.0 Å². The SMILES string of the molecule is C/C(=N\S(=O)(=O)c1ccc(C)cc1)N(c1ccc(Cl)cc1)c1ccc(Cl)cc1. The molecule has 0 bridgehead atoms. The van der Waals surface area contributed by atoms with Crippen LogP contribution in [-0.4, -0.2) is 14.3 Å². The topological polar surface area (TPSA) is 49.7 Å². The highest BCUT2D eigenvalue weighted by Gasteiger charge is 2.18. The number of anilines is 2. The second-order valence-electron chi connectivity index (χ2n) is 6.21. The summed E-state index contributed by atoms with van der Waals surface area (Å²) < 4.78 is 29.6. The Morgan fingerprint density at radius 1 is 0.786 bits per heavy atom. The standard InChI is InChI=1S/C21H18Cl2N2O2S/c1-15-3-13-21(14-4-15)28(26,27)24-16(2)25(19-9-5-17(22)6-10-19)20-11-7-18(23)8-12-20/h3-14H,1-2H3/b24-16+. The molecule has 0 aliphatic heterocycles. The van der Waals surface area contributed by atoms with Crippen molar-refractivity contribution in [3.8, 4) is 0 Å².